The van der Waals surface area contributed by atoms with Gasteiger partial charge in [-0.15, -0.1) is 0 Å². The molecule has 1 aliphatic carbocycles. The summed E-state index contributed by atoms with van der Waals surface area (Å²) in [6.45, 7) is 8.55. The van der Waals surface area contributed by atoms with Gasteiger partial charge in [0.25, 0.3) is 0 Å². The van der Waals surface area contributed by atoms with Crippen molar-refractivity contribution in [2.45, 2.75) is 45.4 Å². The van der Waals surface area contributed by atoms with Crippen molar-refractivity contribution in [3.8, 4) is 0 Å². The second kappa shape index (κ2) is 4.22. The molecule has 1 aliphatic rings. The number of hydrogen-bond donors (Lipinski definition) is 0. The fourth-order valence-corrected chi connectivity index (χ4v) is 2.55. The molecule has 0 nitrogen and oxygen atoms in total. The molecular weight excluding hydrogens is 180 g/mol. The molecule has 80 valence electrons. The number of allylic oxidation sites excluding steroid dienone is 1. The quantitative estimate of drug-likeness (QED) is 0.585. The third-order valence-corrected chi connectivity index (χ3v) is 3.78. The van der Waals surface area contributed by atoms with Gasteiger partial charge in [-0.25, -0.2) is 0 Å². The molecule has 0 aromatic heterocycles. The van der Waals surface area contributed by atoms with Gasteiger partial charge >= 0.3 is 0 Å². The molecule has 0 spiro atoms. The molecule has 1 fully saturated rings. The van der Waals surface area contributed by atoms with Gasteiger partial charge in [-0.3, -0.25) is 0 Å². The Labute approximate surface area is 93.0 Å². The molecule has 2 rings (SSSR count). The predicted molar refractivity (Wildman–Crippen MR) is 66.3 cm³/mol. The van der Waals surface area contributed by atoms with E-state index >= 15 is 0 Å². The van der Waals surface area contributed by atoms with Crippen LogP contribution in [0.4, 0.5) is 0 Å². The van der Waals surface area contributed by atoms with Gasteiger partial charge in [-0.05, 0) is 62.1 Å². The smallest absolute Gasteiger partial charge is 0.0153 e. The van der Waals surface area contributed by atoms with E-state index in [2.05, 4.69) is 38.6 Å². The summed E-state index contributed by atoms with van der Waals surface area (Å²) in [7, 11) is 0. The van der Waals surface area contributed by atoms with Gasteiger partial charge in [-0.1, -0.05) is 30.4 Å². The summed E-state index contributed by atoms with van der Waals surface area (Å²) in [6, 6.07) is 6.71. The van der Waals surface area contributed by atoms with Crippen molar-refractivity contribution in [3.05, 3.63) is 47.0 Å². The van der Waals surface area contributed by atoms with Crippen LogP contribution in [0.15, 0.2) is 30.4 Å². The normalized spacial score (nSPS) is 18.1. The van der Waals surface area contributed by atoms with Gasteiger partial charge in [0.1, 0.15) is 0 Å². The van der Waals surface area contributed by atoms with Crippen LogP contribution in [0.5, 0.6) is 0 Å². The van der Waals surface area contributed by atoms with Crippen LogP contribution in [0.1, 0.15) is 48.3 Å². The van der Waals surface area contributed by atoms with E-state index in [0.717, 1.165) is 5.92 Å². The number of benzene rings is 1. The first-order valence-corrected chi connectivity index (χ1v) is 5.91. The fraction of sp³-hybridized carbons (Fsp3) is 0.467. The average molecular weight is 200 g/mol. The Hall–Kier alpha value is -1.04. The van der Waals surface area contributed by atoms with Crippen molar-refractivity contribution in [3.63, 3.8) is 0 Å². The fourth-order valence-electron chi connectivity index (χ4n) is 2.55. The third kappa shape index (κ3) is 2.14. The van der Waals surface area contributed by atoms with Crippen LogP contribution in [0.25, 0.3) is 0 Å². The van der Waals surface area contributed by atoms with Gasteiger partial charge in [-0.2, -0.15) is 0 Å². The first kappa shape index (κ1) is 10.5. The molecule has 0 N–H and O–H groups in total. The molecule has 15 heavy (non-hydrogen) atoms. The van der Waals surface area contributed by atoms with Gasteiger partial charge in [0, 0.05) is 0 Å². The standard InChI is InChI=1S/C15H20/c1-11-7-9-14(10-8-11)15-6-4-5-12(2)13(15)3/h4-6,14H,1,7-10H2,2-3H3. The molecule has 0 radical (unpaired) electrons. The number of rotatable bonds is 1. The highest BCUT2D eigenvalue weighted by atomic mass is 14.2. The van der Waals surface area contributed by atoms with Crippen molar-refractivity contribution >= 4 is 0 Å². The van der Waals surface area contributed by atoms with Gasteiger partial charge in [0.2, 0.25) is 0 Å². The van der Waals surface area contributed by atoms with Crippen LogP contribution < -0.4 is 0 Å². The lowest BCUT2D eigenvalue weighted by Crippen LogP contribution is -2.08. The lowest BCUT2D eigenvalue weighted by molar-refractivity contribution is 0.516. The zero-order chi connectivity index (χ0) is 10.8. The van der Waals surface area contributed by atoms with Crippen molar-refractivity contribution in [1.29, 1.82) is 0 Å². The van der Waals surface area contributed by atoms with Gasteiger partial charge < -0.3 is 0 Å². The lowest BCUT2D eigenvalue weighted by Gasteiger charge is -2.25. The summed E-state index contributed by atoms with van der Waals surface area (Å²) >= 11 is 0. The summed E-state index contributed by atoms with van der Waals surface area (Å²) < 4.78 is 0. The Morgan fingerprint density at radius 1 is 1.13 bits per heavy atom. The van der Waals surface area contributed by atoms with E-state index in [-0.39, 0.29) is 0 Å². The van der Waals surface area contributed by atoms with E-state index in [4.69, 9.17) is 0 Å². The molecule has 0 bridgehead atoms. The average Bonchev–Trinajstić information content (AvgIpc) is 2.24. The zero-order valence-electron chi connectivity index (χ0n) is 9.84. The maximum absolute atomic E-state index is 4.08. The summed E-state index contributed by atoms with van der Waals surface area (Å²) in [5, 5.41) is 0. The molecule has 1 aromatic carbocycles. The molecule has 1 saturated carbocycles. The molecule has 1 aromatic rings. The Bertz CT molecular complexity index is 364. The summed E-state index contributed by atoms with van der Waals surface area (Å²) in [5.41, 5.74) is 5.94. The van der Waals surface area contributed by atoms with E-state index in [1.165, 1.54) is 42.4 Å². The minimum absolute atomic E-state index is 0.774. The van der Waals surface area contributed by atoms with Crippen molar-refractivity contribution in [2.24, 2.45) is 0 Å². The molecule has 0 aliphatic heterocycles. The Balaban J connectivity index is 2.22. The maximum Gasteiger partial charge on any atom is -0.0153 e. The summed E-state index contributed by atoms with van der Waals surface area (Å²) in [6.07, 6.45) is 5.03. The highest BCUT2D eigenvalue weighted by Crippen LogP contribution is 2.36. The van der Waals surface area contributed by atoms with E-state index in [1.807, 2.05) is 0 Å². The Morgan fingerprint density at radius 3 is 2.47 bits per heavy atom. The lowest BCUT2D eigenvalue weighted by atomic mass is 9.80. The van der Waals surface area contributed by atoms with Crippen LogP contribution in [0.3, 0.4) is 0 Å². The van der Waals surface area contributed by atoms with E-state index in [9.17, 15) is 0 Å². The third-order valence-electron chi connectivity index (χ3n) is 3.78. The second-order valence-corrected chi connectivity index (χ2v) is 4.81. The molecule has 0 atom stereocenters. The molecular formula is C15H20. The monoisotopic (exact) mass is 200 g/mol. The topological polar surface area (TPSA) is 0 Å². The first-order chi connectivity index (χ1) is 7.18. The van der Waals surface area contributed by atoms with Gasteiger partial charge in [0.05, 0.1) is 0 Å². The van der Waals surface area contributed by atoms with Gasteiger partial charge in [0.15, 0.2) is 0 Å². The van der Waals surface area contributed by atoms with Crippen molar-refractivity contribution in [2.75, 3.05) is 0 Å². The van der Waals surface area contributed by atoms with E-state index in [0.29, 0.717) is 0 Å². The highest BCUT2D eigenvalue weighted by Gasteiger charge is 2.18. The van der Waals surface area contributed by atoms with E-state index in [1.54, 1.807) is 5.56 Å². The van der Waals surface area contributed by atoms with Crippen LogP contribution in [0, 0.1) is 13.8 Å². The maximum atomic E-state index is 4.08. The minimum Gasteiger partial charge on any atom is -0.0999 e. The summed E-state index contributed by atoms with van der Waals surface area (Å²) in [4.78, 5) is 0. The predicted octanol–water partition coefficient (Wildman–Crippen LogP) is 4.52. The second-order valence-electron chi connectivity index (χ2n) is 4.81. The van der Waals surface area contributed by atoms with E-state index < -0.39 is 0 Å². The Morgan fingerprint density at radius 2 is 1.80 bits per heavy atom. The van der Waals surface area contributed by atoms with Crippen LogP contribution in [-0.2, 0) is 0 Å². The number of hydrogen-bond acceptors (Lipinski definition) is 0. The molecule has 0 saturated heterocycles. The highest BCUT2D eigenvalue weighted by molar-refractivity contribution is 5.36. The van der Waals surface area contributed by atoms with Crippen molar-refractivity contribution < 1.29 is 0 Å². The van der Waals surface area contributed by atoms with Crippen molar-refractivity contribution in [1.82, 2.24) is 0 Å². The molecule has 0 unspecified atom stereocenters. The SMILES string of the molecule is C=C1CCC(c2cccc(C)c2C)CC1. The summed E-state index contributed by atoms with van der Waals surface area (Å²) in [5.74, 6) is 0.774. The molecule has 0 heterocycles. The first-order valence-electron chi connectivity index (χ1n) is 5.91. The molecule has 0 amide bonds. The Kier molecular flexibility index (Phi) is 2.95. The van der Waals surface area contributed by atoms with Crippen LogP contribution >= 0.6 is 0 Å². The van der Waals surface area contributed by atoms with Crippen LogP contribution in [0.2, 0.25) is 0 Å². The minimum atomic E-state index is 0.774. The number of aryl methyl sites for hydroxylation is 1. The zero-order valence-corrected chi connectivity index (χ0v) is 9.84. The molecule has 0 heteroatoms. The largest absolute Gasteiger partial charge is 0.0999 e. The van der Waals surface area contributed by atoms with Crippen LogP contribution in [-0.4, -0.2) is 0 Å².